The van der Waals surface area contributed by atoms with E-state index in [-0.39, 0.29) is 23.8 Å². The second-order valence-electron chi connectivity index (χ2n) is 9.72. The Morgan fingerprint density at radius 3 is 2.02 bits per heavy atom. The van der Waals surface area contributed by atoms with Crippen LogP contribution in [0, 0.1) is 0 Å². The van der Waals surface area contributed by atoms with Crippen LogP contribution in [0.25, 0.3) is 0 Å². The second-order valence-corrected chi connectivity index (χ2v) is 12.5. The molecule has 0 unspecified atom stereocenters. The highest BCUT2D eigenvalue weighted by molar-refractivity contribution is 9.10. The molecule has 0 aromatic heterocycles. The van der Waals surface area contributed by atoms with Gasteiger partial charge in [-0.2, -0.15) is 0 Å². The molecule has 4 rings (SSSR count). The first-order valence-electron chi connectivity index (χ1n) is 13.8. The van der Waals surface area contributed by atoms with Gasteiger partial charge in [-0.05, 0) is 66.6 Å². The molecule has 1 atom stereocenters. The van der Waals surface area contributed by atoms with E-state index in [1.54, 1.807) is 42.5 Å². The van der Waals surface area contributed by atoms with Gasteiger partial charge in [-0.3, -0.25) is 13.9 Å². The molecule has 0 radical (unpaired) electrons. The molecule has 4 aromatic rings. The van der Waals surface area contributed by atoms with Crippen molar-refractivity contribution in [1.29, 1.82) is 0 Å². The van der Waals surface area contributed by atoms with Gasteiger partial charge in [0, 0.05) is 24.5 Å². The number of anilines is 1. The zero-order valence-electron chi connectivity index (χ0n) is 24.0. The van der Waals surface area contributed by atoms with Crippen molar-refractivity contribution in [2.45, 2.75) is 30.8 Å². The summed E-state index contributed by atoms with van der Waals surface area (Å²) in [5, 5.41) is 2.69. The zero-order valence-corrected chi connectivity index (χ0v) is 26.4. The molecule has 8 nitrogen and oxygen atoms in total. The number of hydrogen-bond donors (Lipinski definition) is 1. The molecule has 0 aliphatic heterocycles. The van der Waals surface area contributed by atoms with E-state index in [1.165, 1.54) is 24.1 Å². The van der Waals surface area contributed by atoms with Gasteiger partial charge in [-0.25, -0.2) is 8.42 Å². The number of nitrogens with one attached hydrogen (secondary N) is 1. The smallest absolute Gasteiger partial charge is 0.264 e. The SMILES string of the molecule is CCOc1ccc(N(CC(=O)N(Cc2ccc(Br)cc2)[C@H](Cc2ccccc2)C(=O)NC)S(=O)(=O)c2ccccc2)cc1. The number of benzene rings is 4. The Hall–Kier alpha value is -4.15. The van der Waals surface area contributed by atoms with Crippen molar-refractivity contribution in [2.24, 2.45) is 0 Å². The van der Waals surface area contributed by atoms with Crippen LogP contribution in [0.5, 0.6) is 5.75 Å². The zero-order chi connectivity index (χ0) is 30.8. The average molecular weight is 665 g/mol. The molecule has 10 heteroatoms. The van der Waals surface area contributed by atoms with E-state index in [0.29, 0.717) is 18.0 Å². The lowest BCUT2D eigenvalue weighted by molar-refractivity contribution is -0.139. The Morgan fingerprint density at radius 2 is 1.44 bits per heavy atom. The number of amides is 2. The summed E-state index contributed by atoms with van der Waals surface area (Å²) < 4.78 is 35.5. The van der Waals surface area contributed by atoms with Gasteiger partial charge >= 0.3 is 0 Å². The maximum Gasteiger partial charge on any atom is 0.264 e. The molecule has 0 bridgehead atoms. The minimum absolute atomic E-state index is 0.0447. The van der Waals surface area contributed by atoms with Gasteiger partial charge < -0.3 is 15.0 Å². The number of halogens is 1. The fourth-order valence-electron chi connectivity index (χ4n) is 4.63. The number of carbonyl (C=O) groups excluding carboxylic acids is 2. The first-order chi connectivity index (χ1) is 20.7. The molecule has 0 heterocycles. The van der Waals surface area contributed by atoms with Crippen LogP contribution in [-0.4, -0.2) is 51.4 Å². The van der Waals surface area contributed by atoms with E-state index in [1.807, 2.05) is 61.5 Å². The van der Waals surface area contributed by atoms with Gasteiger partial charge in [-0.15, -0.1) is 0 Å². The number of sulfonamides is 1. The summed E-state index contributed by atoms with van der Waals surface area (Å²) in [6.07, 6.45) is 0.247. The van der Waals surface area contributed by atoms with Gasteiger partial charge in [0.2, 0.25) is 11.8 Å². The Labute approximate surface area is 261 Å². The van der Waals surface area contributed by atoms with Crippen LogP contribution in [0.2, 0.25) is 0 Å². The molecule has 0 fully saturated rings. The van der Waals surface area contributed by atoms with E-state index in [2.05, 4.69) is 21.2 Å². The first kappa shape index (κ1) is 31.8. The molecule has 1 N–H and O–H groups in total. The van der Waals surface area contributed by atoms with Crippen LogP contribution < -0.4 is 14.4 Å². The molecule has 43 heavy (non-hydrogen) atoms. The van der Waals surface area contributed by atoms with Gasteiger partial charge in [0.25, 0.3) is 10.0 Å². The lowest BCUT2D eigenvalue weighted by Crippen LogP contribution is -2.53. The van der Waals surface area contributed by atoms with Crippen molar-refractivity contribution >= 4 is 43.5 Å². The van der Waals surface area contributed by atoms with E-state index in [9.17, 15) is 18.0 Å². The summed E-state index contributed by atoms with van der Waals surface area (Å²) in [6.45, 7) is 1.89. The summed E-state index contributed by atoms with van der Waals surface area (Å²) in [5.74, 6) is -0.303. The normalized spacial score (nSPS) is 11.8. The topological polar surface area (TPSA) is 96.0 Å². The van der Waals surface area contributed by atoms with Crippen LogP contribution in [0.3, 0.4) is 0 Å². The summed E-state index contributed by atoms with van der Waals surface area (Å²) in [6, 6.07) is 30.5. The first-order valence-corrected chi connectivity index (χ1v) is 16.1. The largest absolute Gasteiger partial charge is 0.494 e. The van der Waals surface area contributed by atoms with Crippen LogP contribution in [0.4, 0.5) is 5.69 Å². The molecule has 0 aliphatic rings. The standard InChI is InChI=1S/C33H34BrN3O5S/c1-3-42-29-20-18-28(19-21-29)37(43(40,41)30-12-8-5-9-13-30)24-32(38)36(23-26-14-16-27(34)17-15-26)31(33(39)35-2)22-25-10-6-4-7-11-25/h4-21,31H,3,22-24H2,1-2H3,(H,35,39)/t31-/m1/s1. The third kappa shape index (κ3) is 8.24. The lowest BCUT2D eigenvalue weighted by Gasteiger charge is -2.33. The molecular weight excluding hydrogens is 630 g/mol. The van der Waals surface area contributed by atoms with Crippen LogP contribution >= 0.6 is 15.9 Å². The average Bonchev–Trinajstić information content (AvgIpc) is 3.03. The lowest BCUT2D eigenvalue weighted by atomic mass is 10.0. The third-order valence-electron chi connectivity index (χ3n) is 6.83. The van der Waals surface area contributed by atoms with E-state index in [0.717, 1.165) is 19.9 Å². The van der Waals surface area contributed by atoms with Crippen LogP contribution in [0.1, 0.15) is 18.1 Å². The maximum atomic E-state index is 14.3. The highest BCUT2D eigenvalue weighted by Crippen LogP contribution is 2.27. The summed E-state index contributed by atoms with van der Waals surface area (Å²) in [4.78, 5) is 29.1. The highest BCUT2D eigenvalue weighted by Gasteiger charge is 2.34. The minimum atomic E-state index is -4.16. The van der Waals surface area contributed by atoms with Gasteiger partial charge in [0.1, 0.15) is 18.3 Å². The second kappa shape index (κ2) is 14.8. The fraction of sp³-hybridized carbons (Fsp3) is 0.212. The Morgan fingerprint density at radius 1 is 0.837 bits per heavy atom. The molecule has 4 aromatic carbocycles. The number of ether oxygens (including phenoxy) is 1. The van der Waals surface area contributed by atoms with Crippen molar-refractivity contribution in [3.63, 3.8) is 0 Å². The number of hydrogen-bond acceptors (Lipinski definition) is 5. The number of carbonyl (C=O) groups is 2. The van der Waals surface area contributed by atoms with E-state index < -0.39 is 28.5 Å². The molecule has 0 saturated carbocycles. The van der Waals surface area contributed by atoms with Crippen molar-refractivity contribution in [3.05, 3.63) is 125 Å². The van der Waals surface area contributed by atoms with Crippen molar-refractivity contribution in [3.8, 4) is 5.75 Å². The van der Waals surface area contributed by atoms with Gasteiger partial charge in [0.15, 0.2) is 0 Å². The molecule has 0 spiro atoms. The summed E-state index contributed by atoms with van der Waals surface area (Å²) in [7, 11) is -2.64. The number of nitrogens with zero attached hydrogens (tertiary/aromatic N) is 2. The molecule has 0 aliphatic carbocycles. The van der Waals surface area contributed by atoms with Crippen molar-refractivity contribution in [2.75, 3.05) is 24.5 Å². The summed E-state index contributed by atoms with van der Waals surface area (Å²) >= 11 is 3.44. The molecule has 2 amide bonds. The predicted molar refractivity (Wildman–Crippen MR) is 171 cm³/mol. The number of rotatable bonds is 13. The van der Waals surface area contributed by atoms with Crippen LogP contribution in [-0.2, 0) is 32.6 Å². The van der Waals surface area contributed by atoms with Gasteiger partial charge in [-0.1, -0.05) is 76.6 Å². The maximum absolute atomic E-state index is 14.3. The predicted octanol–water partition coefficient (Wildman–Crippen LogP) is 5.43. The molecule has 224 valence electrons. The highest BCUT2D eigenvalue weighted by atomic mass is 79.9. The Balaban J connectivity index is 1.77. The third-order valence-corrected chi connectivity index (χ3v) is 9.15. The summed E-state index contributed by atoms with van der Waals surface area (Å²) in [5.41, 5.74) is 1.95. The van der Waals surface area contributed by atoms with Crippen molar-refractivity contribution < 1.29 is 22.7 Å². The van der Waals surface area contributed by atoms with E-state index >= 15 is 0 Å². The Kier molecular flexibility index (Phi) is 11.0. The van der Waals surface area contributed by atoms with Crippen molar-refractivity contribution in [1.82, 2.24) is 10.2 Å². The molecular formula is C33H34BrN3O5S. The fourth-order valence-corrected chi connectivity index (χ4v) is 6.33. The number of likely N-dealkylation sites (N-methyl/N-ethyl adjacent to an activating group) is 1. The van der Waals surface area contributed by atoms with Gasteiger partial charge in [0.05, 0.1) is 17.2 Å². The monoisotopic (exact) mass is 663 g/mol. The molecule has 0 saturated heterocycles. The quantitative estimate of drug-likeness (QED) is 0.206. The minimum Gasteiger partial charge on any atom is -0.494 e. The van der Waals surface area contributed by atoms with Crippen LogP contribution in [0.15, 0.2) is 119 Å². The van der Waals surface area contributed by atoms with E-state index in [4.69, 9.17) is 4.74 Å². The Bertz CT molecular complexity index is 1600.